The summed E-state index contributed by atoms with van der Waals surface area (Å²) < 4.78 is 54.2. The first-order valence-electron chi connectivity index (χ1n) is 9.22. The van der Waals surface area contributed by atoms with Crippen LogP contribution < -0.4 is 4.72 Å². The zero-order valence-electron chi connectivity index (χ0n) is 16.6. The minimum Gasteiger partial charge on any atom is -0.304 e. The molecule has 2 aromatic carbocycles. The van der Waals surface area contributed by atoms with Crippen LogP contribution in [0.15, 0.2) is 52.3 Å². The Morgan fingerprint density at radius 2 is 1.58 bits per heavy atom. The van der Waals surface area contributed by atoms with Crippen LogP contribution in [0.2, 0.25) is 5.02 Å². The third-order valence-corrected chi connectivity index (χ3v) is 8.55. The van der Waals surface area contributed by atoms with Gasteiger partial charge in [-0.2, -0.15) is 4.31 Å². The lowest BCUT2D eigenvalue weighted by molar-refractivity contribution is -0.384. The molecular weight excluding hydrogens is 468 g/mol. The minimum absolute atomic E-state index is 0.117. The number of rotatable bonds is 7. The van der Waals surface area contributed by atoms with Crippen LogP contribution in [-0.4, -0.2) is 64.2 Å². The summed E-state index contributed by atoms with van der Waals surface area (Å²) in [6, 6.07) is 9.12. The van der Waals surface area contributed by atoms with Crippen molar-refractivity contribution in [2.45, 2.75) is 16.3 Å². The lowest BCUT2D eigenvalue weighted by atomic mass is 10.2. The maximum Gasteiger partial charge on any atom is 0.289 e. The molecule has 1 fully saturated rings. The van der Waals surface area contributed by atoms with Crippen LogP contribution in [0.1, 0.15) is 5.56 Å². The summed E-state index contributed by atoms with van der Waals surface area (Å²) in [4.78, 5) is 12.1. The number of nitrogens with one attached hydrogen (secondary N) is 1. The van der Waals surface area contributed by atoms with Gasteiger partial charge in [-0.1, -0.05) is 23.7 Å². The molecule has 0 aliphatic carbocycles. The van der Waals surface area contributed by atoms with E-state index in [0.29, 0.717) is 31.7 Å². The highest BCUT2D eigenvalue weighted by Gasteiger charge is 2.27. The van der Waals surface area contributed by atoms with Gasteiger partial charge in [0.05, 0.1) is 14.7 Å². The van der Waals surface area contributed by atoms with Crippen LogP contribution in [0, 0.1) is 10.1 Å². The zero-order chi connectivity index (χ0) is 22.8. The van der Waals surface area contributed by atoms with E-state index >= 15 is 0 Å². The largest absolute Gasteiger partial charge is 0.304 e. The quantitative estimate of drug-likeness (QED) is 0.463. The molecule has 1 N–H and O–H groups in total. The Kier molecular flexibility index (Phi) is 6.98. The second kappa shape index (κ2) is 9.18. The van der Waals surface area contributed by atoms with Crippen molar-refractivity contribution in [1.82, 2.24) is 13.9 Å². The third-order valence-electron chi connectivity index (χ3n) is 4.91. The van der Waals surface area contributed by atoms with Gasteiger partial charge in [0.1, 0.15) is 5.02 Å². The topological polar surface area (TPSA) is 130 Å². The van der Waals surface area contributed by atoms with Gasteiger partial charge in [-0.15, -0.1) is 0 Å². The molecule has 0 saturated carbocycles. The number of halogens is 1. The van der Waals surface area contributed by atoms with E-state index in [2.05, 4.69) is 9.62 Å². The molecule has 31 heavy (non-hydrogen) atoms. The molecule has 1 aliphatic heterocycles. The fourth-order valence-corrected chi connectivity index (χ4v) is 5.66. The highest BCUT2D eigenvalue weighted by molar-refractivity contribution is 7.89. The maximum absolute atomic E-state index is 12.8. The van der Waals surface area contributed by atoms with E-state index in [-0.39, 0.29) is 21.4 Å². The van der Waals surface area contributed by atoms with E-state index in [1.807, 2.05) is 7.05 Å². The van der Waals surface area contributed by atoms with Crippen LogP contribution >= 0.6 is 11.6 Å². The van der Waals surface area contributed by atoms with Crippen molar-refractivity contribution in [1.29, 1.82) is 0 Å². The number of hydrogen-bond donors (Lipinski definition) is 1. The molecule has 1 saturated heterocycles. The molecule has 0 spiro atoms. The number of hydrogen-bond acceptors (Lipinski definition) is 7. The monoisotopic (exact) mass is 488 g/mol. The molecule has 3 rings (SSSR count). The van der Waals surface area contributed by atoms with E-state index in [9.17, 15) is 26.9 Å². The number of benzene rings is 2. The van der Waals surface area contributed by atoms with E-state index in [1.165, 1.54) is 34.6 Å². The Hall–Kier alpha value is -2.09. The molecule has 0 aromatic heterocycles. The van der Waals surface area contributed by atoms with Crippen LogP contribution in [-0.2, 0) is 26.6 Å². The van der Waals surface area contributed by atoms with Gasteiger partial charge in [-0.05, 0) is 36.9 Å². The highest BCUT2D eigenvalue weighted by atomic mass is 35.5. The van der Waals surface area contributed by atoms with Gasteiger partial charge < -0.3 is 4.90 Å². The Morgan fingerprint density at radius 3 is 2.16 bits per heavy atom. The molecule has 2 aromatic rings. The van der Waals surface area contributed by atoms with Gasteiger partial charge in [-0.3, -0.25) is 10.1 Å². The summed E-state index contributed by atoms with van der Waals surface area (Å²) in [6.07, 6.45) is 0. The molecule has 10 nitrogen and oxygen atoms in total. The zero-order valence-corrected chi connectivity index (χ0v) is 19.0. The fourth-order valence-electron chi connectivity index (χ4n) is 3.02. The van der Waals surface area contributed by atoms with Gasteiger partial charge in [0.15, 0.2) is 0 Å². The predicted molar refractivity (Wildman–Crippen MR) is 115 cm³/mol. The lowest BCUT2D eigenvalue weighted by Crippen LogP contribution is -2.47. The summed E-state index contributed by atoms with van der Waals surface area (Å²) in [5.41, 5.74) is 0.0207. The van der Waals surface area contributed by atoms with Crippen molar-refractivity contribution < 1.29 is 21.8 Å². The van der Waals surface area contributed by atoms with Crippen LogP contribution in [0.4, 0.5) is 5.69 Å². The fraction of sp³-hybridized carbons (Fsp3) is 0.333. The van der Waals surface area contributed by atoms with Gasteiger partial charge in [0.2, 0.25) is 20.0 Å². The standard InChI is InChI=1S/C18H21ClN4O6S2/c1-21-8-10-22(11-9-21)31(28,29)15-4-2-14(3-5-15)13-20-30(26,27)16-6-7-17(19)18(12-16)23(24)25/h2-7,12,20H,8-11,13H2,1H3. The summed E-state index contributed by atoms with van der Waals surface area (Å²) in [7, 11) is -5.72. The van der Waals surface area contributed by atoms with E-state index < -0.39 is 30.7 Å². The summed E-state index contributed by atoms with van der Waals surface area (Å²) in [6.45, 7) is 2.01. The number of piperazine rings is 1. The van der Waals surface area contributed by atoms with E-state index in [0.717, 1.165) is 12.1 Å². The van der Waals surface area contributed by atoms with Crippen LogP contribution in [0.25, 0.3) is 0 Å². The third kappa shape index (κ3) is 5.40. The first-order chi connectivity index (χ1) is 14.5. The number of nitro benzene ring substituents is 1. The van der Waals surface area contributed by atoms with Crippen molar-refractivity contribution in [2.24, 2.45) is 0 Å². The van der Waals surface area contributed by atoms with Crippen LogP contribution in [0.3, 0.4) is 0 Å². The first-order valence-corrected chi connectivity index (χ1v) is 12.5. The summed E-state index contributed by atoms with van der Waals surface area (Å²) in [5, 5.41) is 10.8. The van der Waals surface area contributed by atoms with Gasteiger partial charge >= 0.3 is 0 Å². The highest BCUT2D eigenvalue weighted by Crippen LogP contribution is 2.27. The molecule has 0 amide bonds. The smallest absolute Gasteiger partial charge is 0.289 e. The van der Waals surface area contributed by atoms with Crippen molar-refractivity contribution in [2.75, 3.05) is 33.2 Å². The number of likely N-dealkylation sites (N-methyl/N-ethyl adjacent to an activating group) is 1. The van der Waals surface area contributed by atoms with Crippen molar-refractivity contribution in [3.05, 3.63) is 63.2 Å². The Bertz CT molecular complexity index is 1180. The minimum atomic E-state index is -4.04. The average molecular weight is 489 g/mol. The van der Waals surface area contributed by atoms with Gasteiger partial charge in [0.25, 0.3) is 5.69 Å². The molecule has 1 aliphatic rings. The molecule has 0 radical (unpaired) electrons. The van der Waals surface area contributed by atoms with Crippen LogP contribution in [0.5, 0.6) is 0 Å². The number of sulfonamides is 2. The molecule has 13 heteroatoms. The normalized spacial score (nSPS) is 16.3. The number of nitro groups is 1. The predicted octanol–water partition coefficient (Wildman–Crippen LogP) is 1.66. The molecule has 168 valence electrons. The lowest BCUT2D eigenvalue weighted by Gasteiger charge is -2.31. The summed E-state index contributed by atoms with van der Waals surface area (Å²) >= 11 is 5.72. The maximum atomic E-state index is 12.8. The van der Waals surface area contributed by atoms with E-state index in [1.54, 1.807) is 0 Å². The van der Waals surface area contributed by atoms with Crippen molar-refractivity contribution in [3.8, 4) is 0 Å². The summed E-state index contributed by atoms with van der Waals surface area (Å²) in [5.74, 6) is 0. The van der Waals surface area contributed by atoms with Crippen molar-refractivity contribution >= 4 is 37.3 Å². The number of nitrogens with zero attached hydrogens (tertiary/aromatic N) is 3. The van der Waals surface area contributed by atoms with Crippen molar-refractivity contribution in [3.63, 3.8) is 0 Å². The average Bonchev–Trinajstić information content (AvgIpc) is 2.73. The van der Waals surface area contributed by atoms with Gasteiger partial charge in [-0.25, -0.2) is 21.6 Å². The Morgan fingerprint density at radius 1 is 1.00 bits per heavy atom. The SMILES string of the molecule is CN1CCN(S(=O)(=O)c2ccc(CNS(=O)(=O)c3ccc(Cl)c([N+](=O)[O-])c3)cc2)CC1. The Balaban J connectivity index is 1.70. The second-order valence-corrected chi connectivity index (χ2v) is 11.2. The Labute approximate surface area is 185 Å². The molecule has 0 unspecified atom stereocenters. The second-order valence-electron chi connectivity index (χ2n) is 7.05. The first kappa shape index (κ1) is 23.6. The van der Waals surface area contributed by atoms with Gasteiger partial charge in [0, 0.05) is 38.8 Å². The molecular formula is C18H21ClN4O6S2. The molecule has 0 atom stereocenters. The molecule has 1 heterocycles. The molecule has 0 bridgehead atoms. The van der Waals surface area contributed by atoms with E-state index in [4.69, 9.17) is 11.6 Å².